The summed E-state index contributed by atoms with van der Waals surface area (Å²) in [6, 6.07) is 10.7. The number of ether oxygens (including phenoxy) is 1. The molecule has 2 aliphatic heterocycles. The van der Waals surface area contributed by atoms with Gasteiger partial charge in [-0.2, -0.15) is 0 Å². The van der Waals surface area contributed by atoms with Crippen LogP contribution in [0.25, 0.3) is 0 Å². The molecule has 0 saturated carbocycles. The molecule has 26 heavy (non-hydrogen) atoms. The zero-order valence-electron chi connectivity index (χ0n) is 15.6. The number of para-hydroxylation sites is 1. The number of hydrogen-bond acceptors (Lipinski definition) is 4. The summed E-state index contributed by atoms with van der Waals surface area (Å²) in [6.45, 7) is 9.75. The Morgan fingerprint density at radius 1 is 0.962 bits per heavy atom. The Bertz CT molecular complexity index is 528. The zero-order valence-corrected chi connectivity index (χ0v) is 17.9. The minimum Gasteiger partial charge on any atom is -0.378 e. The van der Waals surface area contributed by atoms with Gasteiger partial charge in [-0.25, -0.2) is 0 Å². The van der Waals surface area contributed by atoms with E-state index >= 15 is 0 Å². The molecule has 0 atom stereocenters. The van der Waals surface area contributed by atoms with Crippen LogP contribution in [0.15, 0.2) is 35.3 Å². The molecule has 1 aromatic carbocycles. The molecule has 0 bridgehead atoms. The van der Waals surface area contributed by atoms with E-state index in [0.717, 1.165) is 72.0 Å². The Morgan fingerprint density at radius 3 is 2.35 bits per heavy atom. The van der Waals surface area contributed by atoms with E-state index in [-0.39, 0.29) is 24.0 Å². The molecule has 0 amide bonds. The first-order chi connectivity index (χ1) is 12.3. The van der Waals surface area contributed by atoms with Gasteiger partial charge in [-0.15, -0.1) is 24.0 Å². The van der Waals surface area contributed by atoms with Crippen LogP contribution in [0.1, 0.15) is 12.8 Å². The van der Waals surface area contributed by atoms with Crippen molar-refractivity contribution in [3.8, 4) is 0 Å². The zero-order chi connectivity index (χ0) is 17.3. The number of aliphatic imine (C=N–C) groups is 1. The van der Waals surface area contributed by atoms with Crippen LogP contribution < -0.4 is 10.6 Å². The molecule has 146 valence electrons. The molecular formula is C19H32IN5O. The lowest BCUT2D eigenvalue weighted by molar-refractivity contribution is 0.0674. The van der Waals surface area contributed by atoms with Gasteiger partial charge in [-0.05, 0) is 31.5 Å². The number of hydrogen-bond donors (Lipinski definition) is 1. The van der Waals surface area contributed by atoms with Crippen molar-refractivity contribution in [1.29, 1.82) is 0 Å². The third-order valence-corrected chi connectivity index (χ3v) is 4.98. The Hall–Kier alpha value is -1.06. The van der Waals surface area contributed by atoms with Crippen LogP contribution >= 0.6 is 24.0 Å². The van der Waals surface area contributed by atoms with E-state index in [1.54, 1.807) is 0 Å². The lowest BCUT2D eigenvalue weighted by Crippen LogP contribution is -2.46. The molecular weight excluding hydrogens is 441 g/mol. The van der Waals surface area contributed by atoms with Gasteiger partial charge in [-0.3, -0.25) is 9.89 Å². The number of nitrogens with zero attached hydrogens (tertiary/aromatic N) is 4. The topological polar surface area (TPSA) is 57.3 Å². The normalized spacial score (nSPS) is 19.3. The van der Waals surface area contributed by atoms with Gasteiger partial charge in [-0.1, -0.05) is 18.2 Å². The minimum absolute atomic E-state index is 0. The average molecular weight is 473 g/mol. The molecule has 0 radical (unpaired) electrons. The van der Waals surface area contributed by atoms with Crippen molar-refractivity contribution < 1.29 is 4.74 Å². The lowest BCUT2D eigenvalue weighted by atomic mass is 10.2. The Balaban J connectivity index is 0.00000243. The van der Waals surface area contributed by atoms with Crippen molar-refractivity contribution in [3.05, 3.63) is 30.3 Å². The van der Waals surface area contributed by atoms with Crippen LogP contribution in [0.3, 0.4) is 0 Å². The van der Waals surface area contributed by atoms with Gasteiger partial charge < -0.3 is 20.3 Å². The van der Waals surface area contributed by atoms with Gasteiger partial charge in [0.25, 0.3) is 0 Å². The Morgan fingerprint density at radius 2 is 1.65 bits per heavy atom. The van der Waals surface area contributed by atoms with Gasteiger partial charge in [0, 0.05) is 51.5 Å². The van der Waals surface area contributed by atoms with Crippen LogP contribution in [0.4, 0.5) is 5.69 Å². The van der Waals surface area contributed by atoms with Crippen molar-refractivity contribution in [1.82, 2.24) is 9.80 Å². The average Bonchev–Trinajstić information content (AvgIpc) is 2.69. The van der Waals surface area contributed by atoms with Gasteiger partial charge >= 0.3 is 0 Å². The monoisotopic (exact) mass is 473 g/mol. The molecule has 2 fully saturated rings. The second-order valence-electron chi connectivity index (χ2n) is 6.71. The second kappa shape index (κ2) is 11.6. The number of unbranched alkanes of at least 4 members (excludes halogenated alkanes) is 1. The van der Waals surface area contributed by atoms with Gasteiger partial charge in [0.1, 0.15) is 0 Å². The highest BCUT2D eigenvalue weighted by atomic mass is 127. The molecule has 6 nitrogen and oxygen atoms in total. The summed E-state index contributed by atoms with van der Waals surface area (Å²) in [5.41, 5.74) is 7.39. The summed E-state index contributed by atoms with van der Waals surface area (Å²) < 4.78 is 5.33. The van der Waals surface area contributed by atoms with E-state index in [4.69, 9.17) is 10.5 Å². The quantitative estimate of drug-likeness (QED) is 0.296. The van der Waals surface area contributed by atoms with Crippen LogP contribution in [-0.4, -0.2) is 81.3 Å². The molecule has 3 rings (SSSR count). The van der Waals surface area contributed by atoms with Crippen LogP contribution in [0.2, 0.25) is 0 Å². The van der Waals surface area contributed by atoms with Gasteiger partial charge in [0.05, 0.1) is 13.2 Å². The molecule has 2 saturated heterocycles. The lowest BCUT2D eigenvalue weighted by Gasteiger charge is -2.36. The number of piperazine rings is 1. The third-order valence-electron chi connectivity index (χ3n) is 4.98. The summed E-state index contributed by atoms with van der Waals surface area (Å²) in [7, 11) is 0. The number of nitrogens with two attached hydrogens (primary N) is 1. The van der Waals surface area contributed by atoms with Crippen molar-refractivity contribution >= 4 is 35.6 Å². The smallest absolute Gasteiger partial charge is 0.191 e. The molecule has 0 aliphatic carbocycles. The van der Waals surface area contributed by atoms with Crippen LogP contribution in [-0.2, 0) is 4.74 Å². The number of halogens is 1. The summed E-state index contributed by atoms with van der Waals surface area (Å²) in [4.78, 5) is 11.7. The number of benzene rings is 1. The second-order valence-corrected chi connectivity index (χ2v) is 6.71. The van der Waals surface area contributed by atoms with Crippen molar-refractivity contribution in [2.24, 2.45) is 10.7 Å². The van der Waals surface area contributed by atoms with Crippen molar-refractivity contribution in [2.75, 3.05) is 70.5 Å². The number of morpholine rings is 1. The first kappa shape index (κ1) is 21.2. The molecule has 7 heteroatoms. The highest BCUT2D eigenvalue weighted by Gasteiger charge is 2.16. The first-order valence-corrected chi connectivity index (χ1v) is 9.48. The third kappa shape index (κ3) is 6.59. The fourth-order valence-corrected chi connectivity index (χ4v) is 3.40. The number of guanidine groups is 1. The molecule has 0 aromatic heterocycles. The highest BCUT2D eigenvalue weighted by Crippen LogP contribution is 2.15. The summed E-state index contributed by atoms with van der Waals surface area (Å²) in [5.74, 6) is 0.680. The molecule has 1 aromatic rings. The predicted octanol–water partition coefficient (Wildman–Crippen LogP) is 1.85. The van der Waals surface area contributed by atoms with E-state index in [0.29, 0.717) is 5.96 Å². The van der Waals surface area contributed by atoms with E-state index in [1.165, 1.54) is 12.1 Å². The molecule has 0 spiro atoms. The van der Waals surface area contributed by atoms with Crippen LogP contribution in [0.5, 0.6) is 0 Å². The van der Waals surface area contributed by atoms with E-state index in [1.807, 2.05) is 0 Å². The maximum absolute atomic E-state index is 6.05. The Labute approximate surface area is 174 Å². The first-order valence-electron chi connectivity index (χ1n) is 9.48. The van der Waals surface area contributed by atoms with Gasteiger partial charge in [0.15, 0.2) is 5.96 Å². The Kier molecular flexibility index (Phi) is 9.49. The summed E-state index contributed by atoms with van der Waals surface area (Å²) in [6.07, 6.45) is 2.29. The van der Waals surface area contributed by atoms with E-state index in [9.17, 15) is 0 Å². The summed E-state index contributed by atoms with van der Waals surface area (Å²) >= 11 is 0. The highest BCUT2D eigenvalue weighted by molar-refractivity contribution is 14.0. The molecule has 2 heterocycles. The van der Waals surface area contributed by atoms with E-state index in [2.05, 4.69) is 50.0 Å². The number of rotatable bonds is 6. The van der Waals surface area contributed by atoms with Gasteiger partial charge in [0.2, 0.25) is 0 Å². The molecule has 0 unspecified atom stereocenters. The fourth-order valence-electron chi connectivity index (χ4n) is 3.40. The summed E-state index contributed by atoms with van der Waals surface area (Å²) in [5, 5.41) is 0. The molecule has 2 N–H and O–H groups in total. The number of anilines is 1. The van der Waals surface area contributed by atoms with Crippen molar-refractivity contribution in [3.63, 3.8) is 0 Å². The van der Waals surface area contributed by atoms with Crippen LogP contribution in [0, 0.1) is 0 Å². The predicted molar refractivity (Wildman–Crippen MR) is 119 cm³/mol. The molecule has 2 aliphatic rings. The SMILES string of the molecule is I.NC(=NCCCCN1CCN(c2ccccc2)CC1)N1CCOCC1. The maximum atomic E-state index is 6.05. The fraction of sp³-hybridized carbons (Fsp3) is 0.632. The standard InChI is InChI=1S/C19H31N5O.HI/c20-19(24-14-16-25-17-15-24)21-8-4-5-9-22-10-12-23(13-11-22)18-6-2-1-3-7-18;/h1-3,6-7H,4-5,8-17H2,(H2,20,21);1H. The largest absolute Gasteiger partial charge is 0.378 e. The maximum Gasteiger partial charge on any atom is 0.191 e. The van der Waals surface area contributed by atoms with E-state index < -0.39 is 0 Å². The minimum atomic E-state index is 0. The van der Waals surface area contributed by atoms with Crippen molar-refractivity contribution in [2.45, 2.75) is 12.8 Å².